The number of carbonyl (C=O) groups is 3. The van der Waals surface area contributed by atoms with E-state index >= 15 is 0 Å². The lowest BCUT2D eigenvalue weighted by Gasteiger charge is -2.42. The third kappa shape index (κ3) is 7.85. The van der Waals surface area contributed by atoms with E-state index in [2.05, 4.69) is 70.9 Å². The topological polar surface area (TPSA) is 86.7 Å². The smallest absolute Gasteiger partial charge is 0.322 e. The van der Waals surface area contributed by atoms with E-state index < -0.39 is 18.4 Å². The van der Waals surface area contributed by atoms with Gasteiger partial charge in [-0.2, -0.15) is 0 Å². The van der Waals surface area contributed by atoms with Crippen LogP contribution >= 0.6 is 0 Å². The summed E-state index contributed by atoms with van der Waals surface area (Å²) in [5.74, 6) is -1.22. The molecule has 0 saturated heterocycles. The van der Waals surface area contributed by atoms with Gasteiger partial charge in [0.25, 0.3) is 5.91 Å². The maximum atomic E-state index is 14.6. The fourth-order valence-corrected chi connectivity index (χ4v) is 6.71. The molecule has 1 aliphatic carbocycles. The maximum absolute atomic E-state index is 14.6. The van der Waals surface area contributed by atoms with E-state index in [0.717, 1.165) is 41.5 Å². The molecule has 5 aromatic carbocycles. The molecule has 6 heteroatoms. The number of carbonyl (C=O) groups excluding carboxylic acids is 2. The van der Waals surface area contributed by atoms with Gasteiger partial charge in [-0.25, -0.2) is 0 Å². The maximum Gasteiger partial charge on any atom is 0.322 e. The number of nitrogens with one attached hydrogen (secondary N) is 1. The van der Waals surface area contributed by atoms with Crippen molar-refractivity contribution < 1.29 is 19.5 Å². The third-order valence-electron chi connectivity index (χ3n) is 8.94. The summed E-state index contributed by atoms with van der Waals surface area (Å²) < 4.78 is 0. The molecular formula is C41H38N2O4. The number of carboxylic acid groups (broad SMARTS) is 1. The second kappa shape index (κ2) is 14.7. The molecule has 6 rings (SSSR count). The fraction of sp³-hybridized carbons (Fsp3) is 0.195. The molecule has 6 nitrogen and oxygen atoms in total. The SMILES string of the molecule is O=C(O)CNC(=O)c1cccc(-c2cccc(CC(=O)N(Cc3ccccc3)C3c4ccccc4CCC3Cc3ccccc3)c2)c1. The predicted molar refractivity (Wildman–Crippen MR) is 184 cm³/mol. The monoisotopic (exact) mass is 622 g/mol. The van der Waals surface area contributed by atoms with Crippen molar-refractivity contribution in [3.05, 3.63) is 167 Å². The van der Waals surface area contributed by atoms with Crippen molar-refractivity contribution >= 4 is 17.8 Å². The Morgan fingerprint density at radius 1 is 0.702 bits per heavy atom. The zero-order valence-corrected chi connectivity index (χ0v) is 26.2. The summed E-state index contributed by atoms with van der Waals surface area (Å²) in [6.45, 7) is 0.0645. The lowest BCUT2D eigenvalue weighted by molar-refractivity contribution is -0.136. The Bertz CT molecular complexity index is 1850. The van der Waals surface area contributed by atoms with Crippen molar-refractivity contribution in [1.82, 2.24) is 10.2 Å². The molecule has 2 unspecified atom stereocenters. The molecule has 0 radical (unpaired) electrons. The number of aryl methyl sites for hydroxylation is 1. The summed E-state index contributed by atoms with van der Waals surface area (Å²) in [4.78, 5) is 40.1. The minimum absolute atomic E-state index is 0.0626. The van der Waals surface area contributed by atoms with E-state index in [-0.39, 0.29) is 24.3 Å². The van der Waals surface area contributed by atoms with Crippen LogP contribution in [0.3, 0.4) is 0 Å². The van der Waals surface area contributed by atoms with Gasteiger partial charge in [-0.05, 0) is 76.3 Å². The van der Waals surface area contributed by atoms with Crippen molar-refractivity contribution in [3.63, 3.8) is 0 Å². The highest BCUT2D eigenvalue weighted by atomic mass is 16.4. The number of hydrogen-bond acceptors (Lipinski definition) is 3. The lowest BCUT2D eigenvalue weighted by atomic mass is 9.76. The predicted octanol–water partition coefficient (Wildman–Crippen LogP) is 7.29. The molecule has 1 aliphatic rings. The molecule has 0 fully saturated rings. The van der Waals surface area contributed by atoms with Crippen LogP contribution < -0.4 is 5.32 Å². The third-order valence-corrected chi connectivity index (χ3v) is 8.94. The van der Waals surface area contributed by atoms with Crippen LogP contribution in [0.2, 0.25) is 0 Å². The molecule has 47 heavy (non-hydrogen) atoms. The minimum atomic E-state index is -1.10. The van der Waals surface area contributed by atoms with Crippen molar-refractivity contribution in [1.29, 1.82) is 0 Å². The Balaban J connectivity index is 1.31. The Labute approximate surface area is 275 Å². The first-order valence-corrected chi connectivity index (χ1v) is 16.1. The van der Waals surface area contributed by atoms with Gasteiger partial charge in [0, 0.05) is 12.1 Å². The van der Waals surface area contributed by atoms with Gasteiger partial charge in [0.05, 0.1) is 12.5 Å². The molecule has 0 aliphatic heterocycles. The first-order chi connectivity index (χ1) is 22.9. The zero-order valence-electron chi connectivity index (χ0n) is 26.2. The number of aliphatic carboxylic acids is 1. The zero-order chi connectivity index (χ0) is 32.6. The number of rotatable bonds is 11. The summed E-state index contributed by atoms with van der Waals surface area (Å²) in [6.07, 6.45) is 3.12. The Morgan fingerprint density at radius 3 is 2.09 bits per heavy atom. The first-order valence-electron chi connectivity index (χ1n) is 16.1. The summed E-state index contributed by atoms with van der Waals surface area (Å²) in [5.41, 5.74) is 7.86. The van der Waals surface area contributed by atoms with Crippen LogP contribution in [-0.2, 0) is 35.4 Å². The van der Waals surface area contributed by atoms with Gasteiger partial charge in [0.15, 0.2) is 0 Å². The van der Waals surface area contributed by atoms with Crippen molar-refractivity contribution in [2.75, 3.05) is 6.54 Å². The molecule has 0 bridgehead atoms. The Hall–Kier alpha value is -5.49. The van der Waals surface area contributed by atoms with E-state index in [9.17, 15) is 14.4 Å². The number of nitrogens with zero attached hydrogens (tertiary/aromatic N) is 1. The van der Waals surface area contributed by atoms with E-state index in [1.807, 2.05) is 54.6 Å². The van der Waals surface area contributed by atoms with Gasteiger partial charge in [-0.15, -0.1) is 0 Å². The standard InChI is InChI=1S/C41H38N2O4/c44-38(25-31-15-9-17-33(24-31)34-18-10-19-36(26-34)41(47)42-27-39(45)46)43(28-30-13-5-2-6-14-30)40-35(23-29-11-3-1-4-12-29)22-21-32-16-7-8-20-37(32)40/h1-20,24,26,35,40H,21-23,25,27-28H2,(H,42,47)(H,45,46). The molecular weight excluding hydrogens is 584 g/mol. The van der Waals surface area contributed by atoms with Crippen molar-refractivity contribution in [2.45, 2.75) is 38.3 Å². The van der Waals surface area contributed by atoms with Crippen LogP contribution in [0.15, 0.2) is 133 Å². The van der Waals surface area contributed by atoms with Crippen LogP contribution in [0.4, 0.5) is 0 Å². The van der Waals surface area contributed by atoms with Gasteiger partial charge >= 0.3 is 5.97 Å². The minimum Gasteiger partial charge on any atom is -0.480 e. The van der Waals surface area contributed by atoms with Gasteiger partial charge in [-0.3, -0.25) is 14.4 Å². The van der Waals surface area contributed by atoms with Gasteiger partial charge in [-0.1, -0.05) is 121 Å². The number of fused-ring (bicyclic) bond motifs is 1. The van der Waals surface area contributed by atoms with Crippen LogP contribution in [0.1, 0.15) is 50.6 Å². The van der Waals surface area contributed by atoms with Gasteiger partial charge in [0.2, 0.25) is 5.91 Å². The molecule has 0 aromatic heterocycles. The molecule has 5 aromatic rings. The quantitative estimate of drug-likeness (QED) is 0.162. The first kappa shape index (κ1) is 31.5. The largest absolute Gasteiger partial charge is 0.480 e. The number of amides is 2. The summed E-state index contributed by atoms with van der Waals surface area (Å²) >= 11 is 0. The summed E-state index contributed by atoms with van der Waals surface area (Å²) in [5, 5.41) is 11.3. The lowest BCUT2D eigenvalue weighted by Crippen LogP contribution is -2.41. The van der Waals surface area contributed by atoms with Crippen LogP contribution in [0.25, 0.3) is 11.1 Å². The van der Waals surface area contributed by atoms with Gasteiger partial charge in [0.1, 0.15) is 6.54 Å². The van der Waals surface area contributed by atoms with Crippen LogP contribution in [0, 0.1) is 5.92 Å². The highest BCUT2D eigenvalue weighted by molar-refractivity contribution is 5.97. The van der Waals surface area contributed by atoms with E-state index in [1.165, 1.54) is 16.7 Å². The highest BCUT2D eigenvalue weighted by Gasteiger charge is 2.36. The summed E-state index contributed by atoms with van der Waals surface area (Å²) in [6, 6.07) is 44.2. The van der Waals surface area contributed by atoms with E-state index in [0.29, 0.717) is 12.1 Å². The molecule has 0 spiro atoms. The molecule has 2 N–H and O–H groups in total. The van der Waals surface area contributed by atoms with Crippen molar-refractivity contribution in [2.24, 2.45) is 5.92 Å². The van der Waals surface area contributed by atoms with Crippen molar-refractivity contribution in [3.8, 4) is 11.1 Å². The van der Waals surface area contributed by atoms with E-state index in [1.54, 1.807) is 18.2 Å². The second-order valence-corrected chi connectivity index (χ2v) is 12.2. The highest BCUT2D eigenvalue weighted by Crippen LogP contribution is 2.41. The molecule has 0 heterocycles. The normalized spacial score (nSPS) is 15.3. The fourth-order valence-electron chi connectivity index (χ4n) is 6.71. The number of carboxylic acids is 1. The Morgan fingerprint density at radius 2 is 1.34 bits per heavy atom. The van der Waals surface area contributed by atoms with Crippen LogP contribution in [-0.4, -0.2) is 34.3 Å². The Kier molecular flexibility index (Phi) is 9.87. The molecule has 0 saturated carbocycles. The average molecular weight is 623 g/mol. The van der Waals surface area contributed by atoms with Gasteiger partial charge < -0.3 is 15.3 Å². The molecule has 2 amide bonds. The number of hydrogen-bond donors (Lipinski definition) is 2. The van der Waals surface area contributed by atoms with E-state index in [4.69, 9.17) is 5.11 Å². The second-order valence-electron chi connectivity index (χ2n) is 12.2. The average Bonchev–Trinajstić information content (AvgIpc) is 3.10. The number of benzene rings is 5. The van der Waals surface area contributed by atoms with Crippen LogP contribution in [0.5, 0.6) is 0 Å². The molecule has 236 valence electrons. The molecule has 2 atom stereocenters. The summed E-state index contributed by atoms with van der Waals surface area (Å²) in [7, 11) is 0.